The minimum absolute atomic E-state index is 0.156. The smallest absolute Gasteiger partial charge is 0.288 e. The molecule has 0 saturated carbocycles. The highest BCUT2D eigenvalue weighted by Gasteiger charge is 2.20. The van der Waals surface area contributed by atoms with Gasteiger partial charge in [-0.1, -0.05) is 23.4 Å². The van der Waals surface area contributed by atoms with Crippen LogP contribution in [0.25, 0.3) is 0 Å². The van der Waals surface area contributed by atoms with Crippen LogP contribution in [0.3, 0.4) is 0 Å². The highest BCUT2D eigenvalue weighted by molar-refractivity contribution is 8.00. The van der Waals surface area contributed by atoms with Gasteiger partial charge in [-0.25, -0.2) is 4.98 Å². The van der Waals surface area contributed by atoms with Crippen LogP contribution in [0.15, 0.2) is 21.8 Å². The predicted molar refractivity (Wildman–Crippen MR) is 91.9 cm³/mol. The summed E-state index contributed by atoms with van der Waals surface area (Å²) < 4.78 is 6.60. The van der Waals surface area contributed by atoms with E-state index in [1.54, 1.807) is 10.9 Å². The third-order valence-electron chi connectivity index (χ3n) is 4.16. The molecular formula is C17H20N5O2S+. The van der Waals surface area contributed by atoms with E-state index >= 15 is 0 Å². The molecule has 0 spiro atoms. The predicted octanol–water partition coefficient (Wildman–Crippen LogP) is 2.10. The van der Waals surface area contributed by atoms with Crippen molar-refractivity contribution in [1.29, 1.82) is 5.26 Å². The largest absolute Gasteiger partial charge is 0.302 e. The van der Waals surface area contributed by atoms with Gasteiger partial charge in [-0.15, -0.1) is 0 Å². The maximum atomic E-state index is 12.1. The Morgan fingerprint density at radius 1 is 1.60 bits per heavy atom. The van der Waals surface area contributed by atoms with Crippen LogP contribution < -0.4 is 10.00 Å². The Labute approximate surface area is 150 Å². The lowest BCUT2D eigenvalue weighted by molar-refractivity contribution is -0.759. The second kappa shape index (κ2) is 7.66. The summed E-state index contributed by atoms with van der Waals surface area (Å²) in [6.07, 6.45) is 4.63. The average Bonchev–Trinajstić information content (AvgIpc) is 3.06. The SMILES string of the molecule is CC[n+]1cc(NC(=O)CSc2nc3c(cc2C#N)CC(C)CC3)on1. The topological polar surface area (TPSA) is 95.7 Å². The van der Waals surface area contributed by atoms with Gasteiger partial charge in [0.2, 0.25) is 11.2 Å². The van der Waals surface area contributed by atoms with E-state index in [1.807, 2.05) is 13.0 Å². The molecule has 0 radical (unpaired) electrons. The van der Waals surface area contributed by atoms with E-state index in [0.29, 0.717) is 28.9 Å². The van der Waals surface area contributed by atoms with Crippen LogP contribution in [0.4, 0.5) is 5.88 Å². The Kier molecular flexibility index (Phi) is 5.34. The lowest BCUT2D eigenvalue weighted by Crippen LogP contribution is -2.32. The third-order valence-corrected chi connectivity index (χ3v) is 5.15. The van der Waals surface area contributed by atoms with Gasteiger partial charge in [0.15, 0.2) is 6.54 Å². The van der Waals surface area contributed by atoms with E-state index in [0.717, 1.165) is 30.5 Å². The first-order valence-corrected chi connectivity index (χ1v) is 9.29. The van der Waals surface area contributed by atoms with Crippen LogP contribution in [0.5, 0.6) is 0 Å². The van der Waals surface area contributed by atoms with Gasteiger partial charge < -0.3 is 0 Å². The molecule has 8 heteroatoms. The number of pyridine rings is 1. The minimum atomic E-state index is -0.221. The number of fused-ring (bicyclic) bond motifs is 1. The molecule has 1 amide bonds. The quantitative estimate of drug-likeness (QED) is 0.649. The molecule has 3 rings (SSSR count). The van der Waals surface area contributed by atoms with Crippen LogP contribution in [0.2, 0.25) is 0 Å². The Hall–Kier alpha value is -2.40. The molecule has 0 fully saturated rings. The van der Waals surface area contributed by atoms with E-state index in [1.165, 1.54) is 11.8 Å². The number of aromatic nitrogens is 3. The van der Waals surface area contributed by atoms with Crippen LogP contribution in [-0.4, -0.2) is 21.9 Å². The van der Waals surface area contributed by atoms with E-state index < -0.39 is 0 Å². The van der Waals surface area contributed by atoms with Gasteiger partial charge >= 0.3 is 5.88 Å². The summed E-state index contributed by atoms with van der Waals surface area (Å²) in [7, 11) is 0. The summed E-state index contributed by atoms with van der Waals surface area (Å²) >= 11 is 1.27. The fraction of sp³-hybridized carbons (Fsp3) is 0.471. The van der Waals surface area contributed by atoms with E-state index in [9.17, 15) is 10.1 Å². The van der Waals surface area contributed by atoms with Crippen molar-refractivity contribution < 1.29 is 14.0 Å². The van der Waals surface area contributed by atoms with Gasteiger partial charge in [0.25, 0.3) is 6.20 Å². The van der Waals surface area contributed by atoms with Crippen molar-refractivity contribution in [2.75, 3.05) is 11.1 Å². The van der Waals surface area contributed by atoms with Crippen molar-refractivity contribution in [3.63, 3.8) is 0 Å². The number of nitrogens with one attached hydrogen (secondary N) is 1. The number of thioether (sulfide) groups is 1. The van der Waals surface area contributed by atoms with Gasteiger partial charge in [-0.2, -0.15) is 5.26 Å². The molecule has 1 unspecified atom stereocenters. The first kappa shape index (κ1) is 17.4. The molecule has 0 aliphatic heterocycles. The van der Waals surface area contributed by atoms with Crippen molar-refractivity contribution >= 4 is 23.6 Å². The van der Waals surface area contributed by atoms with Gasteiger partial charge in [0.1, 0.15) is 11.1 Å². The number of amides is 1. The Bertz CT molecular complexity index is 827. The molecule has 2 aromatic rings. The van der Waals surface area contributed by atoms with E-state index in [4.69, 9.17) is 4.52 Å². The molecule has 1 N–H and O–H groups in total. The zero-order chi connectivity index (χ0) is 17.8. The maximum absolute atomic E-state index is 12.1. The zero-order valence-electron chi connectivity index (χ0n) is 14.3. The number of hydrogen-bond acceptors (Lipinski definition) is 6. The van der Waals surface area contributed by atoms with Gasteiger partial charge in [-0.05, 0) is 43.7 Å². The van der Waals surface area contributed by atoms with Crippen LogP contribution in [0, 0.1) is 17.2 Å². The molecule has 0 saturated heterocycles. The summed E-state index contributed by atoms with van der Waals surface area (Å²) in [6.45, 7) is 4.81. The van der Waals surface area contributed by atoms with Crippen molar-refractivity contribution in [3.8, 4) is 6.07 Å². The van der Waals surface area contributed by atoms with E-state index in [-0.39, 0.29) is 11.7 Å². The fourth-order valence-electron chi connectivity index (χ4n) is 2.81. The standard InChI is InChI=1S/C17H19N5O2S/c1-3-22-9-16(24-21-22)20-15(23)10-25-17-13(8-18)7-12-6-11(2)4-5-14(12)19-17/h7,9,11H,3-6,10H2,1-2H3/p+1. The molecule has 25 heavy (non-hydrogen) atoms. The van der Waals surface area contributed by atoms with E-state index in [2.05, 4.69) is 28.6 Å². The first-order valence-electron chi connectivity index (χ1n) is 8.31. The van der Waals surface area contributed by atoms with Crippen molar-refractivity contribution in [2.45, 2.75) is 44.7 Å². The zero-order valence-corrected chi connectivity index (χ0v) is 15.1. The van der Waals surface area contributed by atoms with Crippen LogP contribution in [-0.2, 0) is 24.2 Å². The Balaban J connectivity index is 1.66. The number of hydrogen-bond donors (Lipinski definition) is 1. The third kappa shape index (κ3) is 4.17. The minimum Gasteiger partial charge on any atom is -0.288 e. The average molecular weight is 358 g/mol. The number of carbonyl (C=O) groups excluding carboxylic acids is 1. The normalized spacial score (nSPS) is 16.1. The lowest BCUT2D eigenvalue weighted by atomic mass is 9.87. The monoisotopic (exact) mass is 358 g/mol. The number of carbonyl (C=O) groups is 1. The number of aryl methyl sites for hydroxylation is 2. The first-order chi connectivity index (χ1) is 12.1. The molecule has 130 valence electrons. The number of rotatable bonds is 5. The van der Waals surface area contributed by atoms with Crippen molar-refractivity contribution in [3.05, 3.63) is 29.1 Å². The molecule has 1 atom stereocenters. The fourth-order valence-corrected chi connectivity index (χ4v) is 3.58. The highest BCUT2D eigenvalue weighted by atomic mass is 32.2. The van der Waals surface area contributed by atoms with Gasteiger partial charge in [0, 0.05) is 5.69 Å². The summed E-state index contributed by atoms with van der Waals surface area (Å²) in [6, 6.07) is 4.13. The van der Waals surface area contributed by atoms with Crippen LogP contribution in [0.1, 0.15) is 37.1 Å². The second-order valence-electron chi connectivity index (χ2n) is 6.17. The molecule has 1 aliphatic carbocycles. The number of nitriles is 1. The summed E-state index contributed by atoms with van der Waals surface area (Å²) in [5.41, 5.74) is 2.75. The molecule has 2 aromatic heterocycles. The molecule has 0 aromatic carbocycles. The number of nitrogens with zero attached hydrogens (tertiary/aromatic N) is 4. The molecule has 2 heterocycles. The van der Waals surface area contributed by atoms with Gasteiger partial charge in [-0.3, -0.25) is 14.6 Å². The molecule has 1 aliphatic rings. The molecular weight excluding hydrogens is 338 g/mol. The van der Waals surface area contributed by atoms with Gasteiger partial charge in [0.05, 0.1) is 11.3 Å². The second-order valence-corrected chi connectivity index (χ2v) is 7.13. The summed E-state index contributed by atoms with van der Waals surface area (Å²) in [4.78, 5) is 16.7. The molecule has 0 bridgehead atoms. The summed E-state index contributed by atoms with van der Waals surface area (Å²) in [5.74, 6) is 0.864. The maximum Gasteiger partial charge on any atom is 0.302 e. The molecule has 7 nitrogen and oxygen atoms in total. The summed E-state index contributed by atoms with van der Waals surface area (Å²) in [5, 5.41) is 16.4. The van der Waals surface area contributed by atoms with Crippen molar-refractivity contribution in [2.24, 2.45) is 5.92 Å². The number of anilines is 1. The highest BCUT2D eigenvalue weighted by Crippen LogP contribution is 2.29. The lowest BCUT2D eigenvalue weighted by Gasteiger charge is -2.21. The Morgan fingerprint density at radius 3 is 3.16 bits per heavy atom. The van der Waals surface area contributed by atoms with Crippen LogP contribution >= 0.6 is 11.8 Å². The van der Waals surface area contributed by atoms with Crippen molar-refractivity contribution in [1.82, 2.24) is 10.3 Å². The Morgan fingerprint density at radius 2 is 2.44 bits per heavy atom.